The normalized spacial score (nSPS) is 19.6. The molecule has 5 nitrogen and oxygen atoms in total. The summed E-state index contributed by atoms with van der Waals surface area (Å²) in [7, 11) is 0. The number of nitrogens with zero attached hydrogens (tertiary/aromatic N) is 2. The Kier molecular flexibility index (Phi) is 5.15. The highest BCUT2D eigenvalue weighted by atomic mass is 16.6. The maximum Gasteiger partial charge on any atom is 0.237 e. The van der Waals surface area contributed by atoms with E-state index in [2.05, 4.69) is 6.92 Å². The fourth-order valence-corrected chi connectivity index (χ4v) is 2.09. The molecule has 17 heavy (non-hydrogen) atoms. The highest BCUT2D eigenvalue weighted by molar-refractivity contribution is 5.28. The molecule has 0 radical (unpaired) electrons. The van der Waals surface area contributed by atoms with E-state index >= 15 is 0 Å². The zero-order chi connectivity index (χ0) is 12.8. The molecule has 1 aliphatic rings. The molecule has 0 saturated carbocycles. The Morgan fingerprint density at radius 2 is 2.29 bits per heavy atom. The van der Waals surface area contributed by atoms with Crippen LogP contribution < -0.4 is 0 Å². The minimum absolute atomic E-state index is 0.0727. The van der Waals surface area contributed by atoms with Crippen molar-refractivity contribution in [2.24, 2.45) is 0 Å². The number of nitro groups is 1. The van der Waals surface area contributed by atoms with Gasteiger partial charge in [0.1, 0.15) is 0 Å². The average molecular weight is 240 g/mol. The van der Waals surface area contributed by atoms with Crippen molar-refractivity contribution in [1.82, 2.24) is 4.90 Å². The van der Waals surface area contributed by atoms with Gasteiger partial charge >= 0.3 is 0 Å². The number of aliphatic hydroxyl groups is 1. The van der Waals surface area contributed by atoms with Crippen molar-refractivity contribution in [2.75, 3.05) is 19.7 Å². The minimum Gasteiger partial charge on any atom is -0.395 e. The summed E-state index contributed by atoms with van der Waals surface area (Å²) in [6.45, 7) is 5.37. The van der Waals surface area contributed by atoms with Crippen molar-refractivity contribution >= 4 is 0 Å². The van der Waals surface area contributed by atoms with Crippen molar-refractivity contribution in [3.8, 4) is 0 Å². The van der Waals surface area contributed by atoms with Gasteiger partial charge in [-0.25, -0.2) is 0 Å². The molecule has 1 atom stereocenters. The first-order chi connectivity index (χ1) is 8.08. The summed E-state index contributed by atoms with van der Waals surface area (Å²) in [4.78, 5) is 12.6. The molecule has 0 amide bonds. The molecule has 0 aromatic carbocycles. The van der Waals surface area contributed by atoms with Crippen LogP contribution in [0.1, 0.15) is 26.7 Å². The number of hydrogen-bond acceptors (Lipinski definition) is 4. The van der Waals surface area contributed by atoms with Gasteiger partial charge in [-0.2, -0.15) is 0 Å². The molecular formula is C12H20N2O3. The lowest BCUT2D eigenvalue weighted by atomic mass is 10.00. The smallest absolute Gasteiger partial charge is 0.237 e. The van der Waals surface area contributed by atoms with Crippen LogP contribution in [-0.2, 0) is 0 Å². The van der Waals surface area contributed by atoms with Crippen LogP contribution in [0.2, 0.25) is 0 Å². The first-order valence-electron chi connectivity index (χ1n) is 5.96. The maximum absolute atomic E-state index is 10.8. The lowest BCUT2D eigenvalue weighted by molar-refractivity contribution is -0.509. The van der Waals surface area contributed by atoms with E-state index in [1.807, 2.05) is 17.9 Å². The first kappa shape index (κ1) is 13.7. The molecular weight excluding hydrogens is 220 g/mol. The molecule has 96 valence electrons. The molecule has 0 bridgehead atoms. The fraction of sp³-hybridized carbons (Fsp3) is 0.667. The maximum atomic E-state index is 10.8. The van der Waals surface area contributed by atoms with Crippen LogP contribution in [0.5, 0.6) is 0 Å². The number of aliphatic hydroxyl groups excluding tert-OH is 1. The van der Waals surface area contributed by atoms with Gasteiger partial charge in [-0.15, -0.1) is 0 Å². The quantitative estimate of drug-likeness (QED) is 0.565. The second-order valence-corrected chi connectivity index (χ2v) is 4.31. The van der Waals surface area contributed by atoms with Crippen LogP contribution >= 0.6 is 0 Å². The van der Waals surface area contributed by atoms with Gasteiger partial charge in [0.2, 0.25) is 6.04 Å². The van der Waals surface area contributed by atoms with Crippen molar-refractivity contribution in [3.63, 3.8) is 0 Å². The Hall–Kier alpha value is -1.36. The summed E-state index contributed by atoms with van der Waals surface area (Å²) in [6, 6.07) is -0.631. The van der Waals surface area contributed by atoms with Crippen molar-refractivity contribution in [1.29, 1.82) is 0 Å². The molecule has 1 aliphatic carbocycles. The Morgan fingerprint density at radius 3 is 2.82 bits per heavy atom. The van der Waals surface area contributed by atoms with E-state index in [1.54, 1.807) is 6.08 Å². The van der Waals surface area contributed by atoms with Crippen molar-refractivity contribution in [2.45, 2.75) is 32.7 Å². The van der Waals surface area contributed by atoms with E-state index in [-0.39, 0.29) is 11.5 Å². The predicted octanol–water partition coefficient (Wildman–Crippen LogP) is 1.57. The van der Waals surface area contributed by atoms with Gasteiger partial charge in [0.25, 0.3) is 0 Å². The second-order valence-electron chi connectivity index (χ2n) is 4.31. The molecule has 0 aromatic rings. The van der Waals surface area contributed by atoms with Crippen LogP contribution in [0, 0.1) is 10.1 Å². The molecule has 5 heteroatoms. The largest absolute Gasteiger partial charge is 0.395 e. The van der Waals surface area contributed by atoms with E-state index < -0.39 is 6.04 Å². The molecule has 0 fully saturated rings. The van der Waals surface area contributed by atoms with Crippen LogP contribution in [-0.4, -0.2) is 40.7 Å². The third-order valence-corrected chi connectivity index (χ3v) is 2.81. The van der Waals surface area contributed by atoms with Gasteiger partial charge in [0.15, 0.2) is 0 Å². The Morgan fingerprint density at radius 1 is 1.59 bits per heavy atom. The minimum atomic E-state index is -0.631. The summed E-state index contributed by atoms with van der Waals surface area (Å²) < 4.78 is 0. The lowest BCUT2D eigenvalue weighted by Gasteiger charge is -2.28. The second kappa shape index (κ2) is 6.39. The Bertz CT molecular complexity index is 331. The number of hydrogen-bond donors (Lipinski definition) is 1. The molecule has 0 saturated heterocycles. The zero-order valence-electron chi connectivity index (χ0n) is 10.4. The van der Waals surface area contributed by atoms with Gasteiger partial charge in [0.05, 0.1) is 13.0 Å². The monoisotopic (exact) mass is 240 g/mol. The topological polar surface area (TPSA) is 66.6 Å². The summed E-state index contributed by atoms with van der Waals surface area (Å²) in [5.41, 5.74) is 1.88. The van der Waals surface area contributed by atoms with Crippen LogP contribution in [0.4, 0.5) is 0 Å². The fourth-order valence-electron chi connectivity index (χ4n) is 2.09. The lowest BCUT2D eigenvalue weighted by Crippen LogP contribution is -2.32. The van der Waals surface area contributed by atoms with Gasteiger partial charge in [-0.3, -0.25) is 10.1 Å². The molecule has 0 aliphatic heterocycles. The molecule has 0 aromatic heterocycles. The van der Waals surface area contributed by atoms with E-state index in [1.165, 1.54) is 0 Å². The molecule has 1 rings (SSSR count). The molecule has 0 spiro atoms. The number of rotatable bonds is 6. The van der Waals surface area contributed by atoms with E-state index in [4.69, 9.17) is 5.11 Å². The van der Waals surface area contributed by atoms with Gasteiger partial charge in [0, 0.05) is 23.7 Å². The highest BCUT2D eigenvalue weighted by Gasteiger charge is 2.25. The average Bonchev–Trinajstić information content (AvgIpc) is 2.28. The van der Waals surface area contributed by atoms with Gasteiger partial charge in [-0.1, -0.05) is 6.92 Å². The van der Waals surface area contributed by atoms with Gasteiger partial charge < -0.3 is 10.0 Å². The highest BCUT2D eigenvalue weighted by Crippen LogP contribution is 2.22. The summed E-state index contributed by atoms with van der Waals surface area (Å²) in [6.07, 6.45) is 5.05. The van der Waals surface area contributed by atoms with Gasteiger partial charge in [-0.05, 0) is 31.1 Å². The number of allylic oxidation sites excluding steroid dienone is 2. The standard InChI is InChI=1S/C12H20N2O3/c1-3-4-13(5-6-15)11-7-10(2)8-12(9-11)14(16)17/h7-8,12,15H,3-6,9H2,1-2H3. The van der Waals surface area contributed by atoms with Crippen molar-refractivity contribution < 1.29 is 10.0 Å². The van der Waals surface area contributed by atoms with Crippen LogP contribution in [0.15, 0.2) is 23.4 Å². The molecule has 1 unspecified atom stereocenters. The predicted molar refractivity (Wildman–Crippen MR) is 66.2 cm³/mol. The summed E-state index contributed by atoms with van der Waals surface area (Å²) >= 11 is 0. The Balaban J connectivity index is 2.81. The Labute approximate surface area is 102 Å². The van der Waals surface area contributed by atoms with Crippen LogP contribution in [0.25, 0.3) is 0 Å². The third-order valence-electron chi connectivity index (χ3n) is 2.81. The summed E-state index contributed by atoms with van der Waals surface area (Å²) in [5.74, 6) is 0. The zero-order valence-corrected chi connectivity index (χ0v) is 10.4. The summed E-state index contributed by atoms with van der Waals surface area (Å²) in [5, 5.41) is 19.9. The third kappa shape index (κ3) is 3.85. The van der Waals surface area contributed by atoms with Crippen molar-refractivity contribution in [3.05, 3.63) is 33.5 Å². The van der Waals surface area contributed by atoms with E-state index in [0.29, 0.717) is 13.0 Å². The van der Waals surface area contributed by atoms with E-state index in [9.17, 15) is 10.1 Å². The van der Waals surface area contributed by atoms with E-state index in [0.717, 1.165) is 24.2 Å². The van der Waals surface area contributed by atoms with Crippen LogP contribution in [0.3, 0.4) is 0 Å². The molecule has 1 N–H and O–H groups in total. The molecule has 0 heterocycles. The first-order valence-corrected chi connectivity index (χ1v) is 5.96. The SMILES string of the molecule is CCCN(CCO)C1=CC(C)=CC([N+](=O)[O-])C1.